The molecule has 0 radical (unpaired) electrons. The van der Waals surface area contributed by atoms with Crippen LogP contribution in [0, 0.1) is 11.8 Å². The lowest BCUT2D eigenvalue weighted by Gasteiger charge is -2.29. The molecule has 2 nitrogen and oxygen atoms in total. The van der Waals surface area contributed by atoms with E-state index < -0.39 is 0 Å². The Hall–Kier alpha value is -2.22. The van der Waals surface area contributed by atoms with Crippen LogP contribution < -0.4 is 0 Å². The molecule has 1 saturated carbocycles. The Morgan fingerprint density at radius 1 is 0.667 bits per heavy atom. The van der Waals surface area contributed by atoms with Crippen molar-refractivity contribution >= 4 is 0 Å². The Bertz CT molecular complexity index is 645. The van der Waals surface area contributed by atoms with Gasteiger partial charge in [0.25, 0.3) is 0 Å². The van der Waals surface area contributed by atoms with Crippen LogP contribution in [-0.4, -0.2) is 10.2 Å². The molecule has 2 N–H and O–H groups in total. The van der Waals surface area contributed by atoms with E-state index in [4.69, 9.17) is 0 Å². The molecule has 2 heteroatoms. The number of rotatable bonds is 2. The maximum atomic E-state index is 10.2. The Kier molecular flexibility index (Phi) is 2.78. The number of phenolic OH excluding ortho intramolecular Hbond substituents is 2. The Balaban J connectivity index is 1.84. The first kappa shape index (κ1) is 12.5. The molecule has 0 spiro atoms. The summed E-state index contributed by atoms with van der Waals surface area (Å²) >= 11 is 0. The highest BCUT2D eigenvalue weighted by Crippen LogP contribution is 2.59. The topological polar surface area (TPSA) is 40.5 Å². The van der Waals surface area contributed by atoms with E-state index in [2.05, 4.69) is 12.2 Å². The largest absolute Gasteiger partial charge is 0.508 e. The number of hydrogen-bond donors (Lipinski definition) is 2. The third-order valence-corrected chi connectivity index (χ3v) is 5.05. The summed E-state index contributed by atoms with van der Waals surface area (Å²) in [6, 6.07) is 15.2. The normalized spacial score (nSPS) is 29.9. The van der Waals surface area contributed by atoms with Crippen molar-refractivity contribution in [3.05, 3.63) is 71.8 Å². The van der Waals surface area contributed by atoms with Gasteiger partial charge >= 0.3 is 0 Å². The fourth-order valence-corrected chi connectivity index (χ4v) is 4.21. The van der Waals surface area contributed by atoms with E-state index in [-0.39, 0.29) is 11.8 Å². The summed E-state index contributed by atoms with van der Waals surface area (Å²) in [6.45, 7) is 0. The monoisotopic (exact) mass is 278 g/mol. The van der Waals surface area contributed by atoms with Crippen molar-refractivity contribution in [2.75, 3.05) is 0 Å². The third kappa shape index (κ3) is 1.86. The second-order valence-corrected chi connectivity index (χ2v) is 6.12. The molecule has 2 aliphatic carbocycles. The van der Waals surface area contributed by atoms with Gasteiger partial charge in [-0.05, 0) is 41.5 Å². The smallest absolute Gasteiger partial charge is 0.119 e. The molecule has 21 heavy (non-hydrogen) atoms. The minimum Gasteiger partial charge on any atom is -0.508 e. The molecule has 2 bridgehead atoms. The molecule has 4 rings (SSSR count). The first-order valence-electron chi connectivity index (χ1n) is 7.50. The van der Waals surface area contributed by atoms with Gasteiger partial charge in [0.15, 0.2) is 0 Å². The molecular formula is C19H18O2. The summed E-state index contributed by atoms with van der Waals surface area (Å²) in [7, 11) is 0. The van der Waals surface area contributed by atoms with Gasteiger partial charge in [-0.2, -0.15) is 0 Å². The van der Waals surface area contributed by atoms with Gasteiger partial charge in [0.2, 0.25) is 0 Å². The fraction of sp³-hybridized carbons (Fsp3) is 0.263. The van der Waals surface area contributed by atoms with Gasteiger partial charge < -0.3 is 10.2 Å². The third-order valence-electron chi connectivity index (χ3n) is 5.05. The number of phenols is 2. The molecule has 2 aromatic rings. The van der Waals surface area contributed by atoms with E-state index in [1.165, 1.54) is 0 Å². The van der Waals surface area contributed by atoms with Crippen LogP contribution in [-0.2, 0) is 0 Å². The molecule has 0 aromatic heterocycles. The molecule has 0 aliphatic heterocycles. The van der Waals surface area contributed by atoms with E-state index in [0.29, 0.717) is 23.3 Å². The highest BCUT2D eigenvalue weighted by Gasteiger charge is 2.47. The quantitative estimate of drug-likeness (QED) is 0.809. The number of para-hydroxylation sites is 2. The minimum atomic E-state index is 0.245. The van der Waals surface area contributed by atoms with Crippen LogP contribution in [0.15, 0.2) is 60.7 Å². The van der Waals surface area contributed by atoms with Crippen LogP contribution in [0.25, 0.3) is 0 Å². The lowest BCUT2D eigenvalue weighted by Crippen LogP contribution is -2.16. The summed E-state index contributed by atoms with van der Waals surface area (Å²) in [4.78, 5) is 0. The van der Waals surface area contributed by atoms with Crippen LogP contribution >= 0.6 is 0 Å². The predicted molar refractivity (Wildman–Crippen MR) is 82.4 cm³/mol. The van der Waals surface area contributed by atoms with Crippen LogP contribution in [0.3, 0.4) is 0 Å². The summed E-state index contributed by atoms with van der Waals surface area (Å²) < 4.78 is 0. The maximum Gasteiger partial charge on any atom is 0.119 e. The van der Waals surface area contributed by atoms with Crippen molar-refractivity contribution < 1.29 is 10.2 Å². The average Bonchev–Trinajstić information content (AvgIpc) is 3.09. The van der Waals surface area contributed by atoms with Gasteiger partial charge in [-0.3, -0.25) is 0 Å². The van der Waals surface area contributed by atoms with Crippen molar-refractivity contribution in [1.29, 1.82) is 0 Å². The minimum absolute atomic E-state index is 0.245. The van der Waals surface area contributed by atoms with Crippen LogP contribution in [0.5, 0.6) is 11.5 Å². The predicted octanol–water partition coefficient (Wildman–Crippen LogP) is 4.17. The van der Waals surface area contributed by atoms with E-state index in [0.717, 1.165) is 17.5 Å². The molecule has 2 aromatic carbocycles. The van der Waals surface area contributed by atoms with Crippen molar-refractivity contribution in [2.45, 2.75) is 18.3 Å². The van der Waals surface area contributed by atoms with Gasteiger partial charge in [-0.25, -0.2) is 0 Å². The van der Waals surface area contributed by atoms with Crippen LogP contribution in [0.2, 0.25) is 0 Å². The van der Waals surface area contributed by atoms with Crippen LogP contribution in [0.1, 0.15) is 29.4 Å². The average molecular weight is 278 g/mol. The fourth-order valence-electron chi connectivity index (χ4n) is 4.21. The zero-order chi connectivity index (χ0) is 14.4. The molecule has 0 saturated heterocycles. The lowest BCUT2D eigenvalue weighted by atomic mass is 9.74. The van der Waals surface area contributed by atoms with E-state index in [1.807, 2.05) is 36.4 Å². The van der Waals surface area contributed by atoms with Crippen LogP contribution in [0.4, 0.5) is 0 Å². The Labute approximate surface area is 124 Å². The van der Waals surface area contributed by atoms with Gasteiger partial charge in [0.1, 0.15) is 11.5 Å². The SMILES string of the molecule is Oc1ccccc1[C@@H]1C2C=CC(C2)[C@H]1c1ccccc1O. The van der Waals surface area contributed by atoms with E-state index >= 15 is 0 Å². The first-order chi connectivity index (χ1) is 10.3. The van der Waals surface area contributed by atoms with Crippen molar-refractivity contribution in [1.82, 2.24) is 0 Å². The zero-order valence-electron chi connectivity index (χ0n) is 11.7. The number of hydrogen-bond acceptors (Lipinski definition) is 2. The standard InChI is InChI=1S/C19H18O2/c20-16-7-3-1-5-14(16)18-12-9-10-13(11-12)19(18)15-6-2-4-8-17(15)21/h1-10,12-13,18-21H,11H2/t12?,13?,18-,19-/m0/s1. The molecule has 2 aliphatic rings. The second kappa shape index (κ2) is 4.66. The highest BCUT2D eigenvalue weighted by molar-refractivity contribution is 5.46. The number of allylic oxidation sites excluding steroid dienone is 2. The second-order valence-electron chi connectivity index (χ2n) is 6.12. The van der Waals surface area contributed by atoms with Gasteiger partial charge in [-0.15, -0.1) is 0 Å². The summed E-state index contributed by atoms with van der Waals surface area (Å²) in [5, 5.41) is 20.5. The van der Waals surface area contributed by atoms with Crippen molar-refractivity contribution in [2.24, 2.45) is 11.8 Å². The van der Waals surface area contributed by atoms with E-state index in [9.17, 15) is 10.2 Å². The summed E-state index contributed by atoms with van der Waals surface area (Å²) in [5.41, 5.74) is 2.00. The summed E-state index contributed by atoms with van der Waals surface area (Å²) in [5.74, 6) is 2.12. The first-order valence-corrected chi connectivity index (χ1v) is 7.50. The number of fused-ring (bicyclic) bond motifs is 2. The zero-order valence-corrected chi connectivity index (χ0v) is 11.7. The molecule has 4 atom stereocenters. The molecule has 0 amide bonds. The maximum absolute atomic E-state index is 10.2. The lowest BCUT2D eigenvalue weighted by molar-refractivity contribution is 0.421. The Morgan fingerprint density at radius 2 is 1.10 bits per heavy atom. The molecule has 1 fully saturated rings. The van der Waals surface area contributed by atoms with Crippen molar-refractivity contribution in [3.63, 3.8) is 0 Å². The van der Waals surface area contributed by atoms with Gasteiger partial charge in [-0.1, -0.05) is 48.6 Å². The van der Waals surface area contributed by atoms with Gasteiger partial charge in [0.05, 0.1) is 0 Å². The summed E-state index contributed by atoms with van der Waals surface area (Å²) in [6.07, 6.45) is 5.66. The number of aromatic hydroxyl groups is 2. The molecular weight excluding hydrogens is 260 g/mol. The van der Waals surface area contributed by atoms with Crippen molar-refractivity contribution in [3.8, 4) is 11.5 Å². The molecule has 0 heterocycles. The Morgan fingerprint density at radius 3 is 1.52 bits per heavy atom. The molecule has 106 valence electrons. The number of benzene rings is 2. The van der Waals surface area contributed by atoms with E-state index in [1.54, 1.807) is 12.1 Å². The highest BCUT2D eigenvalue weighted by atomic mass is 16.3. The van der Waals surface area contributed by atoms with Gasteiger partial charge in [0, 0.05) is 11.8 Å². The molecule has 2 unspecified atom stereocenters.